The SMILES string of the molecule is O=C(OCc1ccccc1)C(=O)C1CC2(C3OCC(c4ccccc4)O3)C=CC1O2. The number of carbonyl (C=O) groups excluding carboxylic acids is 2. The van der Waals surface area contributed by atoms with Gasteiger partial charge in [0, 0.05) is 0 Å². The molecule has 5 atom stereocenters. The van der Waals surface area contributed by atoms with Gasteiger partial charge in [0.25, 0.3) is 0 Å². The lowest BCUT2D eigenvalue weighted by atomic mass is 9.83. The van der Waals surface area contributed by atoms with E-state index in [1.54, 1.807) is 0 Å². The van der Waals surface area contributed by atoms with Gasteiger partial charge in [-0.25, -0.2) is 4.79 Å². The van der Waals surface area contributed by atoms with Crippen molar-refractivity contribution in [2.75, 3.05) is 6.61 Å². The first-order valence-corrected chi connectivity index (χ1v) is 10.1. The van der Waals surface area contributed by atoms with Gasteiger partial charge in [-0.3, -0.25) is 4.79 Å². The van der Waals surface area contributed by atoms with Crippen LogP contribution >= 0.6 is 0 Å². The molecule has 2 bridgehead atoms. The molecule has 0 N–H and O–H groups in total. The van der Waals surface area contributed by atoms with E-state index in [4.69, 9.17) is 18.9 Å². The van der Waals surface area contributed by atoms with Crippen LogP contribution in [0.15, 0.2) is 72.8 Å². The molecule has 6 heteroatoms. The number of hydrogen-bond acceptors (Lipinski definition) is 6. The Hall–Kier alpha value is -2.80. The van der Waals surface area contributed by atoms with Crippen LogP contribution in [0.1, 0.15) is 23.7 Å². The number of ether oxygens (including phenoxy) is 4. The molecule has 3 aliphatic heterocycles. The zero-order valence-electron chi connectivity index (χ0n) is 16.3. The maximum Gasteiger partial charge on any atom is 0.375 e. The Balaban J connectivity index is 1.22. The van der Waals surface area contributed by atoms with Crippen molar-refractivity contribution in [2.45, 2.75) is 37.1 Å². The molecule has 154 valence electrons. The highest BCUT2D eigenvalue weighted by Crippen LogP contribution is 2.48. The van der Waals surface area contributed by atoms with Gasteiger partial charge in [-0.05, 0) is 23.6 Å². The summed E-state index contributed by atoms with van der Waals surface area (Å²) >= 11 is 0. The molecule has 2 aromatic carbocycles. The lowest BCUT2D eigenvalue weighted by Crippen LogP contribution is -2.41. The molecule has 0 aromatic heterocycles. The highest BCUT2D eigenvalue weighted by molar-refractivity contribution is 6.34. The second kappa shape index (κ2) is 7.80. The van der Waals surface area contributed by atoms with Crippen LogP contribution in [-0.4, -0.2) is 36.4 Å². The fourth-order valence-electron chi connectivity index (χ4n) is 4.30. The van der Waals surface area contributed by atoms with Crippen LogP contribution in [-0.2, 0) is 35.1 Å². The first kappa shape index (κ1) is 19.2. The molecule has 2 aromatic rings. The summed E-state index contributed by atoms with van der Waals surface area (Å²) in [6.07, 6.45) is 2.77. The first-order chi connectivity index (χ1) is 14.6. The monoisotopic (exact) mass is 406 g/mol. The summed E-state index contributed by atoms with van der Waals surface area (Å²) in [5.41, 5.74) is 1.01. The van der Waals surface area contributed by atoms with Crippen molar-refractivity contribution in [3.05, 3.63) is 83.9 Å². The van der Waals surface area contributed by atoms with E-state index in [0.29, 0.717) is 13.0 Å². The number of Topliss-reactive ketones (excluding diaryl/α,β-unsaturated/α-hetero) is 1. The van der Waals surface area contributed by atoms with Gasteiger partial charge >= 0.3 is 5.97 Å². The summed E-state index contributed by atoms with van der Waals surface area (Å²) in [5.74, 6) is -2.00. The minimum absolute atomic E-state index is 0.0677. The second-order valence-corrected chi connectivity index (χ2v) is 7.83. The number of carbonyl (C=O) groups is 2. The number of hydrogen-bond donors (Lipinski definition) is 0. The largest absolute Gasteiger partial charge is 0.455 e. The van der Waals surface area contributed by atoms with E-state index in [0.717, 1.165) is 11.1 Å². The number of fused-ring (bicyclic) bond motifs is 2. The highest BCUT2D eigenvalue weighted by atomic mass is 16.7. The van der Waals surface area contributed by atoms with Gasteiger partial charge in [0.15, 0.2) is 6.29 Å². The van der Waals surface area contributed by atoms with Gasteiger partial charge in [-0.1, -0.05) is 66.7 Å². The van der Waals surface area contributed by atoms with Crippen LogP contribution in [0, 0.1) is 5.92 Å². The van der Waals surface area contributed by atoms with E-state index in [1.165, 1.54) is 0 Å². The van der Waals surface area contributed by atoms with Gasteiger partial charge in [0.1, 0.15) is 18.3 Å². The predicted molar refractivity (Wildman–Crippen MR) is 106 cm³/mol. The third-order valence-corrected chi connectivity index (χ3v) is 5.87. The summed E-state index contributed by atoms with van der Waals surface area (Å²) in [5, 5.41) is 0. The number of ketones is 1. The van der Waals surface area contributed by atoms with E-state index < -0.39 is 35.7 Å². The Labute approximate surface area is 174 Å². The molecular formula is C24H22O6. The van der Waals surface area contributed by atoms with E-state index >= 15 is 0 Å². The quantitative estimate of drug-likeness (QED) is 0.417. The Morgan fingerprint density at radius 1 is 1.03 bits per heavy atom. The van der Waals surface area contributed by atoms with Gasteiger partial charge in [0.05, 0.1) is 18.6 Å². The van der Waals surface area contributed by atoms with Crippen molar-refractivity contribution < 1.29 is 28.5 Å². The maximum absolute atomic E-state index is 12.7. The molecule has 6 nitrogen and oxygen atoms in total. The average molecular weight is 406 g/mol. The molecule has 30 heavy (non-hydrogen) atoms. The molecule has 0 amide bonds. The first-order valence-electron chi connectivity index (χ1n) is 10.1. The molecule has 5 unspecified atom stereocenters. The molecule has 3 aliphatic rings. The number of benzene rings is 2. The standard InChI is InChI=1S/C24H22O6/c25-21(22(26)27-14-16-7-3-1-4-8-16)18-13-24(12-11-19(18)30-24)23-28-15-20(29-23)17-9-5-2-6-10-17/h1-12,18-20,23H,13-15H2. The third kappa shape index (κ3) is 3.47. The Bertz CT molecular complexity index is 956. The van der Waals surface area contributed by atoms with E-state index in [-0.39, 0.29) is 12.7 Å². The number of rotatable bonds is 6. The average Bonchev–Trinajstić information content (AvgIpc) is 3.54. The zero-order chi connectivity index (χ0) is 20.6. The lowest BCUT2D eigenvalue weighted by molar-refractivity contribution is -0.172. The van der Waals surface area contributed by atoms with Gasteiger partial charge in [0.2, 0.25) is 5.78 Å². The smallest absolute Gasteiger partial charge is 0.375 e. The Morgan fingerprint density at radius 3 is 2.53 bits per heavy atom. The summed E-state index contributed by atoms with van der Waals surface area (Å²) < 4.78 is 23.3. The third-order valence-electron chi connectivity index (χ3n) is 5.87. The van der Waals surface area contributed by atoms with Crippen LogP contribution in [0.25, 0.3) is 0 Å². The molecule has 3 heterocycles. The minimum atomic E-state index is -0.853. The molecule has 2 saturated heterocycles. The zero-order valence-corrected chi connectivity index (χ0v) is 16.3. The van der Waals surface area contributed by atoms with E-state index in [9.17, 15) is 9.59 Å². The van der Waals surface area contributed by atoms with Crippen LogP contribution in [0.2, 0.25) is 0 Å². The molecule has 0 aliphatic carbocycles. The molecule has 0 radical (unpaired) electrons. The summed E-state index contributed by atoms with van der Waals surface area (Å²) in [4.78, 5) is 25.1. The van der Waals surface area contributed by atoms with Crippen LogP contribution in [0.5, 0.6) is 0 Å². The topological polar surface area (TPSA) is 71.1 Å². The van der Waals surface area contributed by atoms with Crippen LogP contribution in [0.4, 0.5) is 0 Å². The Morgan fingerprint density at radius 2 is 1.77 bits per heavy atom. The Kier molecular flexibility index (Phi) is 4.98. The summed E-state index contributed by atoms with van der Waals surface area (Å²) in [6, 6.07) is 19.1. The highest BCUT2D eigenvalue weighted by Gasteiger charge is 2.58. The normalized spacial score (nSPS) is 31.7. The van der Waals surface area contributed by atoms with Gasteiger partial charge < -0.3 is 18.9 Å². The van der Waals surface area contributed by atoms with E-state index in [2.05, 4.69) is 0 Å². The molecule has 5 rings (SSSR count). The summed E-state index contributed by atoms with van der Waals surface area (Å²) in [6.45, 7) is 0.480. The fraction of sp³-hybridized carbons (Fsp3) is 0.333. The fourth-order valence-corrected chi connectivity index (χ4v) is 4.30. The van der Waals surface area contributed by atoms with Gasteiger partial charge in [-0.15, -0.1) is 0 Å². The van der Waals surface area contributed by atoms with Crippen molar-refractivity contribution in [1.82, 2.24) is 0 Å². The maximum atomic E-state index is 12.7. The predicted octanol–water partition coefficient (Wildman–Crippen LogP) is 3.13. The molecular weight excluding hydrogens is 384 g/mol. The molecule has 0 spiro atoms. The van der Waals surface area contributed by atoms with E-state index in [1.807, 2.05) is 72.8 Å². The lowest BCUT2D eigenvalue weighted by Gasteiger charge is -2.28. The molecule has 2 fully saturated rings. The van der Waals surface area contributed by atoms with Crippen LogP contribution < -0.4 is 0 Å². The van der Waals surface area contributed by atoms with Crippen molar-refractivity contribution in [2.24, 2.45) is 5.92 Å². The number of esters is 1. The van der Waals surface area contributed by atoms with Crippen molar-refractivity contribution in [1.29, 1.82) is 0 Å². The molecule has 0 saturated carbocycles. The van der Waals surface area contributed by atoms with Gasteiger partial charge in [-0.2, -0.15) is 0 Å². The summed E-state index contributed by atoms with van der Waals surface area (Å²) in [7, 11) is 0. The second-order valence-electron chi connectivity index (χ2n) is 7.83. The van der Waals surface area contributed by atoms with Crippen molar-refractivity contribution in [3.63, 3.8) is 0 Å². The van der Waals surface area contributed by atoms with Crippen LogP contribution in [0.3, 0.4) is 0 Å². The van der Waals surface area contributed by atoms with Crippen molar-refractivity contribution in [3.8, 4) is 0 Å². The minimum Gasteiger partial charge on any atom is -0.455 e. The van der Waals surface area contributed by atoms with Crippen molar-refractivity contribution >= 4 is 11.8 Å².